The van der Waals surface area contributed by atoms with Gasteiger partial charge in [0.25, 0.3) is 0 Å². The van der Waals surface area contributed by atoms with Gasteiger partial charge in [-0.1, -0.05) is 24.3 Å². The first-order chi connectivity index (χ1) is 8.58. The van der Waals surface area contributed by atoms with E-state index in [1.165, 1.54) is 22.5 Å². The van der Waals surface area contributed by atoms with Gasteiger partial charge in [0, 0.05) is 4.88 Å². The normalized spacial score (nSPS) is 11.6. The Balaban J connectivity index is 2.45. The van der Waals surface area contributed by atoms with Crippen molar-refractivity contribution in [1.82, 2.24) is 0 Å². The predicted octanol–water partition coefficient (Wildman–Crippen LogP) is 3.99. The van der Waals surface area contributed by atoms with Crippen LogP contribution in [0.15, 0.2) is 35.7 Å². The summed E-state index contributed by atoms with van der Waals surface area (Å²) in [7, 11) is 0. The summed E-state index contributed by atoms with van der Waals surface area (Å²) in [5, 5.41) is 11.2. The molecule has 2 aromatic rings. The van der Waals surface area contributed by atoms with E-state index in [0.717, 1.165) is 10.4 Å². The van der Waals surface area contributed by atoms with E-state index >= 15 is 0 Å². The summed E-state index contributed by atoms with van der Waals surface area (Å²) >= 11 is 1.44. The van der Waals surface area contributed by atoms with Gasteiger partial charge in [-0.05, 0) is 48.1 Å². The largest absolute Gasteiger partial charge is 0.478 e. The molecule has 0 atom stereocenters. The van der Waals surface area contributed by atoms with Gasteiger partial charge in [0.1, 0.15) is 0 Å². The van der Waals surface area contributed by atoms with E-state index < -0.39 is 5.97 Å². The standard InChI is InChI=1S/C15H14O2S/c1-10-5-6-12(8-11(10)2)9-13(15(16)17)14-4-3-7-18-14/h3-9H,1-2H3,(H,16,17)/b13-9-. The smallest absolute Gasteiger partial charge is 0.337 e. The van der Waals surface area contributed by atoms with Gasteiger partial charge >= 0.3 is 5.97 Å². The molecule has 0 bridgehead atoms. The number of carboxylic acids is 1. The van der Waals surface area contributed by atoms with Gasteiger partial charge in [0.2, 0.25) is 0 Å². The lowest BCUT2D eigenvalue weighted by Gasteiger charge is -2.03. The Bertz CT molecular complexity index is 595. The zero-order valence-electron chi connectivity index (χ0n) is 10.3. The molecular formula is C15H14O2S. The molecule has 0 saturated heterocycles. The molecule has 3 heteroatoms. The highest BCUT2D eigenvalue weighted by Crippen LogP contribution is 2.23. The van der Waals surface area contributed by atoms with Crippen molar-refractivity contribution in [3.63, 3.8) is 0 Å². The molecule has 1 heterocycles. The zero-order chi connectivity index (χ0) is 13.1. The zero-order valence-corrected chi connectivity index (χ0v) is 11.1. The molecule has 0 spiro atoms. The van der Waals surface area contributed by atoms with Gasteiger partial charge in [-0.2, -0.15) is 0 Å². The van der Waals surface area contributed by atoms with Crippen LogP contribution in [-0.2, 0) is 4.79 Å². The van der Waals surface area contributed by atoms with Crippen LogP contribution in [-0.4, -0.2) is 11.1 Å². The third-order valence-electron chi connectivity index (χ3n) is 2.86. The fraction of sp³-hybridized carbons (Fsp3) is 0.133. The lowest BCUT2D eigenvalue weighted by Crippen LogP contribution is -1.97. The monoisotopic (exact) mass is 258 g/mol. The van der Waals surface area contributed by atoms with Gasteiger partial charge in [-0.15, -0.1) is 11.3 Å². The van der Waals surface area contributed by atoms with Gasteiger partial charge in [0.15, 0.2) is 0 Å². The number of hydrogen-bond acceptors (Lipinski definition) is 2. The average Bonchev–Trinajstić information content (AvgIpc) is 2.83. The summed E-state index contributed by atoms with van der Waals surface area (Å²) < 4.78 is 0. The van der Waals surface area contributed by atoms with Crippen molar-refractivity contribution in [2.75, 3.05) is 0 Å². The molecule has 2 nitrogen and oxygen atoms in total. The highest BCUT2D eigenvalue weighted by atomic mass is 32.1. The Morgan fingerprint density at radius 3 is 2.56 bits per heavy atom. The third-order valence-corrected chi connectivity index (χ3v) is 3.76. The van der Waals surface area contributed by atoms with E-state index in [1.54, 1.807) is 6.08 Å². The highest BCUT2D eigenvalue weighted by molar-refractivity contribution is 7.11. The average molecular weight is 258 g/mol. The number of benzene rings is 1. The first-order valence-corrected chi connectivity index (χ1v) is 6.52. The summed E-state index contributed by atoms with van der Waals surface area (Å²) in [6, 6.07) is 9.64. The molecule has 1 aromatic carbocycles. The number of thiophene rings is 1. The molecule has 18 heavy (non-hydrogen) atoms. The molecule has 92 valence electrons. The summed E-state index contributed by atoms with van der Waals surface area (Å²) in [6.45, 7) is 4.07. The van der Waals surface area contributed by atoms with Crippen LogP contribution in [0.2, 0.25) is 0 Å². The fourth-order valence-corrected chi connectivity index (χ4v) is 2.43. The topological polar surface area (TPSA) is 37.3 Å². The number of aryl methyl sites for hydroxylation is 2. The summed E-state index contributed by atoms with van der Waals surface area (Å²) in [5.41, 5.74) is 3.64. The molecule has 0 amide bonds. The highest BCUT2D eigenvalue weighted by Gasteiger charge is 2.11. The van der Waals surface area contributed by atoms with Gasteiger partial charge in [-0.25, -0.2) is 4.79 Å². The number of rotatable bonds is 3. The van der Waals surface area contributed by atoms with E-state index in [-0.39, 0.29) is 0 Å². The summed E-state index contributed by atoms with van der Waals surface area (Å²) in [5.74, 6) is -0.893. The first kappa shape index (κ1) is 12.6. The Hall–Kier alpha value is -1.87. The minimum Gasteiger partial charge on any atom is -0.478 e. The Morgan fingerprint density at radius 1 is 1.22 bits per heavy atom. The molecule has 0 aliphatic carbocycles. The first-order valence-electron chi connectivity index (χ1n) is 5.64. The number of aliphatic carboxylic acids is 1. The van der Waals surface area contributed by atoms with Crippen molar-refractivity contribution in [3.05, 3.63) is 57.3 Å². The quantitative estimate of drug-likeness (QED) is 0.845. The van der Waals surface area contributed by atoms with Crippen LogP contribution in [0.5, 0.6) is 0 Å². The molecule has 2 rings (SSSR count). The fourth-order valence-electron chi connectivity index (χ4n) is 1.69. The van der Waals surface area contributed by atoms with Gasteiger partial charge in [-0.3, -0.25) is 0 Å². The molecule has 0 saturated carbocycles. The van der Waals surface area contributed by atoms with Crippen molar-refractivity contribution in [2.45, 2.75) is 13.8 Å². The van der Waals surface area contributed by atoms with Crippen molar-refractivity contribution >= 4 is 29.0 Å². The van der Waals surface area contributed by atoms with E-state index in [9.17, 15) is 9.90 Å². The minimum absolute atomic E-state index is 0.341. The second kappa shape index (κ2) is 5.19. The third kappa shape index (κ3) is 2.68. The molecule has 1 N–H and O–H groups in total. The van der Waals surface area contributed by atoms with E-state index in [0.29, 0.717) is 5.57 Å². The number of hydrogen-bond donors (Lipinski definition) is 1. The van der Waals surface area contributed by atoms with E-state index in [1.807, 2.05) is 49.6 Å². The number of carbonyl (C=O) groups is 1. The SMILES string of the molecule is Cc1ccc(/C=C(\C(=O)O)c2cccs2)cc1C. The second-order valence-electron chi connectivity index (χ2n) is 4.18. The molecule has 0 unspecified atom stereocenters. The molecule has 0 fully saturated rings. The Labute approximate surface area is 110 Å². The molecule has 1 aromatic heterocycles. The van der Waals surface area contributed by atoms with E-state index in [4.69, 9.17) is 0 Å². The van der Waals surface area contributed by atoms with Crippen LogP contribution in [0.3, 0.4) is 0 Å². The van der Waals surface area contributed by atoms with Crippen LogP contribution >= 0.6 is 11.3 Å². The molecule has 0 radical (unpaired) electrons. The van der Waals surface area contributed by atoms with Crippen molar-refractivity contribution < 1.29 is 9.90 Å². The number of carboxylic acid groups (broad SMARTS) is 1. The van der Waals surface area contributed by atoms with Gasteiger partial charge in [0.05, 0.1) is 5.57 Å². The lowest BCUT2D eigenvalue weighted by molar-refractivity contribution is -0.130. The van der Waals surface area contributed by atoms with Crippen LogP contribution in [0.25, 0.3) is 11.6 Å². The van der Waals surface area contributed by atoms with E-state index in [2.05, 4.69) is 0 Å². The van der Waals surface area contributed by atoms with Crippen LogP contribution in [0, 0.1) is 13.8 Å². The summed E-state index contributed by atoms with van der Waals surface area (Å²) in [4.78, 5) is 12.1. The molecule has 0 aliphatic heterocycles. The Morgan fingerprint density at radius 2 is 2.00 bits per heavy atom. The molecular weight excluding hydrogens is 244 g/mol. The lowest BCUT2D eigenvalue weighted by atomic mass is 10.0. The maximum atomic E-state index is 11.3. The van der Waals surface area contributed by atoms with Gasteiger partial charge < -0.3 is 5.11 Å². The van der Waals surface area contributed by atoms with Crippen molar-refractivity contribution in [1.29, 1.82) is 0 Å². The van der Waals surface area contributed by atoms with Crippen molar-refractivity contribution in [3.8, 4) is 0 Å². The van der Waals surface area contributed by atoms with Crippen LogP contribution < -0.4 is 0 Å². The van der Waals surface area contributed by atoms with Crippen LogP contribution in [0.1, 0.15) is 21.6 Å². The Kier molecular flexibility index (Phi) is 3.63. The second-order valence-corrected chi connectivity index (χ2v) is 5.13. The van der Waals surface area contributed by atoms with Crippen molar-refractivity contribution in [2.24, 2.45) is 0 Å². The summed E-state index contributed by atoms with van der Waals surface area (Å²) in [6.07, 6.45) is 1.72. The minimum atomic E-state index is -0.893. The van der Waals surface area contributed by atoms with Crippen LogP contribution in [0.4, 0.5) is 0 Å². The predicted molar refractivity (Wildman–Crippen MR) is 75.7 cm³/mol. The maximum Gasteiger partial charge on any atom is 0.337 e. The molecule has 0 aliphatic rings. The maximum absolute atomic E-state index is 11.3.